The number of rotatable bonds is 10. The van der Waals surface area contributed by atoms with Gasteiger partial charge in [-0.05, 0) is 70.9 Å². The summed E-state index contributed by atoms with van der Waals surface area (Å²) in [5, 5.41) is 9.86. The Morgan fingerprint density at radius 1 is 0.895 bits per heavy atom. The standard InChI is InChI=1S/C16H34N2O/c1-4-17(5-2)12-8-13-18(6-3)14-11-15-9-7-10-16(15)19/h15-16,19H,4-14H2,1-3H3. The zero-order chi connectivity index (χ0) is 14.1. The van der Waals surface area contributed by atoms with Gasteiger partial charge in [-0.15, -0.1) is 0 Å². The fourth-order valence-electron chi connectivity index (χ4n) is 3.19. The Kier molecular flexibility index (Phi) is 8.67. The van der Waals surface area contributed by atoms with Crippen LogP contribution in [-0.4, -0.2) is 60.3 Å². The molecule has 1 aliphatic carbocycles. The summed E-state index contributed by atoms with van der Waals surface area (Å²) >= 11 is 0. The van der Waals surface area contributed by atoms with Crippen LogP contribution in [0, 0.1) is 5.92 Å². The number of aliphatic hydroxyl groups is 1. The topological polar surface area (TPSA) is 26.7 Å². The molecule has 0 spiro atoms. The molecule has 0 aromatic carbocycles. The van der Waals surface area contributed by atoms with Crippen molar-refractivity contribution in [3.63, 3.8) is 0 Å². The summed E-state index contributed by atoms with van der Waals surface area (Å²) in [6, 6.07) is 0. The Morgan fingerprint density at radius 2 is 1.53 bits per heavy atom. The van der Waals surface area contributed by atoms with Crippen LogP contribution in [-0.2, 0) is 0 Å². The first kappa shape index (κ1) is 16.9. The minimum Gasteiger partial charge on any atom is -0.393 e. The minimum atomic E-state index is -0.0191. The van der Waals surface area contributed by atoms with Gasteiger partial charge in [0, 0.05) is 0 Å². The van der Waals surface area contributed by atoms with Gasteiger partial charge in [0.05, 0.1) is 6.10 Å². The third-order valence-electron chi connectivity index (χ3n) is 4.73. The molecule has 0 bridgehead atoms. The molecule has 0 heterocycles. The lowest BCUT2D eigenvalue weighted by atomic mass is 10.0. The molecule has 2 unspecified atom stereocenters. The molecule has 1 N–H and O–H groups in total. The highest BCUT2D eigenvalue weighted by Crippen LogP contribution is 2.28. The second-order valence-corrected chi connectivity index (χ2v) is 5.86. The highest BCUT2D eigenvalue weighted by atomic mass is 16.3. The molecule has 0 aromatic rings. The molecule has 0 radical (unpaired) electrons. The van der Waals surface area contributed by atoms with Crippen molar-refractivity contribution in [2.45, 2.75) is 59.0 Å². The van der Waals surface area contributed by atoms with Crippen LogP contribution < -0.4 is 0 Å². The molecule has 3 nitrogen and oxygen atoms in total. The Balaban J connectivity index is 2.14. The lowest BCUT2D eigenvalue weighted by Crippen LogP contribution is -2.32. The summed E-state index contributed by atoms with van der Waals surface area (Å²) in [7, 11) is 0. The van der Waals surface area contributed by atoms with Crippen molar-refractivity contribution in [1.82, 2.24) is 9.80 Å². The number of nitrogens with zero attached hydrogens (tertiary/aromatic N) is 2. The lowest BCUT2D eigenvalue weighted by molar-refractivity contribution is 0.118. The summed E-state index contributed by atoms with van der Waals surface area (Å²) in [5.41, 5.74) is 0. The van der Waals surface area contributed by atoms with Crippen LogP contribution >= 0.6 is 0 Å². The Bertz CT molecular complexity index is 219. The van der Waals surface area contributed by atoms with Crippen molar-refractivity contribution in [3.05, 3.63) is 0 Å². The Hall–Kier alpha value is -0.120. The third-order valence-corrected chi connectivity index (χ3v) is 4.73. The van der Waals surface area contributed by atoms with Gasteiger partial charge in [-0.3, -0.25) is 0 Å². The molecule has 1 aliphatic rings. The normalized spacial score (nSPS) is 23.7. The van der Waals surface area contributed by atoms with Crippen LogP contribution in [0.2, 0.25) is 0 Å². The van der Waals surface area contributed by atoms with Crippen LogP contribution in [0.4, 0.5) is 0 Å². The van der Waals surface area contributed by atoms with Crippen LogP contribution in [0.25, 0.3) is 0 Å². The number of aliphatic hydroxyl groups excluding tert-OH is 1. The minimum absolute atomic E-state index is 0.0191. The van der Waals surface area contributed by atoms with E-state index in [-0.39, 0.29) is 6.10 Å². The van der Waals surface area contributed by atoms with Crippen LogP contribution in [0.1, 0.15) is 52.9 Å². The third kappa shape index (κ3) is 6.24. The predicted molar refractivity (Wildman–Crippen MR) is 82.5 cm³/mol. The van der Waals surface area contributed by atoms with Crippen LogP contribution in [0.15, 0.2) is 0 Å². The monoisotopic (exact) mass is 270 g/mol. The van der Waals surface area contributed by atoms with E-state index in [4.69, 9.17) is 0 Å². The van der Waals surface area contributed by atoms with Crippen molar-refractivity contribution < 1.29 is 5.11 Å². The molecule has 1 saturated carbocycles. The first-order valence-corrected chi connectivity index (χ1v) is 8.33. The highest BCUT2D eigenvalue weighted by molar-refractivity contribution is 4.77. The van der Waals surface area contributed by atoms with Gasteiger partial charge < -0.3 is 14.9 Å². The molecule has 19 heavy (non-hydrogen) atoms. The van der Waals surface area contributed by atoms with E-state index < -0.39 is 0 Å². The predicted octanol–water partition coefficient (Wildman–Crippen LogP) is 2.59. The molecule has 114 valence electrons. The van der Waals surface area contributed by atoms with E-state index in [1.165, 1.54) is 38.8 Å². The second-order valence-electron chi connectivity index (χ2n) is 5.86. The van der Waals surface area contributed by atoms with Crippen LogP contribution in [0.5, 0.6) is 0 Å². The Morgan fingerprint density at radius 3 is 2.05 bits per heavy atom. The maximum Gasteiger partial charge on any atom is 0.0568 e. The lowest BCUT2D eigenvalue weighted by Gasteiger charge is -2.25. The molecule has 0 amide bonds. The summed E-state index contributed by atoms with van der Waals surface area (Å²) in [6.45, 7) is 13.8. The van der Waals surface area contributed by atoms with Crippen molar-refractivity contribution >= 4 is 0 Å². The molecule has 0 aliphatic heterocycles. The molecule has 3 heteroatoms. The maximum absolute atomic E-state index is 9.86. The van der Waals surface area contributed by atoms with Gasteiger partial charge in [-0.1, -0.05) is 27.2 Å². The second kappa shape index (κ2) is 9.73. The van der Waals surface area contributed by atoms with Gasteiger partial charge >= 0.3 is 0 Å². The largest absolute Gasteiger partial charge is 0.393 e. The molecular formula is C16H34N2O. The molecule has 0 aromatic heterocycles. The highest BCUT2D eigenvalue weighted by Gasteiger charge is 2.25. The first-order chi connectivity index (χ1) is 9.21. The van der Waals surface area contributed by atoms with Crippen molar-refractivity contribution in [2.24, 2.45) is 5.92 Å². The van der Waals surface area contributed by atoms with E-state index >= 15 is 0 Å². The SMILES string of the molecule is CCN(CC)CCCN(CC)CCC1CCCC1O. The van der Waals surface area contributed by atoms with E-state index in [9.17, 15) is 5.11 Å². The molecular weight excluding hydrogens is 236 g/mol. The summed E-state index contributed by atoms with van der Waals surface area (Å²) in [5.74, 6) is 0.567. The molecule has 1 rings (SSSR count). The molecule has 1 fully saturated rings. The van der Waals surface area contributed by atoms with Crippen molar-refractivity contribution in [1.29, 1.82) is 0 Å². The number of hydrogen-bond acceptors (Lipinski definition) is 3. The summed E-state index contributed by atoms with van der Waals surface area (Å²) in [4.78, 5) is 5.04. The van der Waals surface area contributed by atoms with Crippen molar-refractivity contribution in [2.75, 3.05) is 39.3 Å². The Labute approximate surface area is 120 Å². The average Bonchev–Trinajstić information content (AvgIpc) is 2.84. The summed E-state index contributed by atoms with van der Waals surface area (Å²) in [6.07, 6.45) is 5.91. The van der Waals surface area contributed by atoms with E-state index in [2.05, 4.69) is 30.6 Å². The molecule has 2 atom stereocenters. The van der Waals surface area contributed by atoms with E-state index in [1.54, 1.807) is 0 Å². The van der Waals surface area contributed by atoms with Gasteiger partial charge in [0.1, 0.15) is 0 Å². The van der Waals surface area contributed by atoms with E-state index in [0.29, 0.717) is 5.92 Å². The zero-order valence-electron chi connectivity index (χ0n) is 13.3. The van der Waals surface area contributed by atoms with Gasteiger partial charge in [-0.25, -0.2) is 0 Å². The van der Waals surface area contributed by atoms with Gasteiger partial charge in [0.15, 0.2) is 0 Å². The number of hydrogen-bond donors (Lipinski definition) is 1. The van der Waals surface area contributed by atoms with E-state index in [1.807, 2.05) is 0 Å². The summed E-state index contributed by atoms with van der Waals surface area (Å²) < 4.78 is 0. The fraction of sp³-hybridized carbons (Fsp3) is 1.00. The van der Waals surface area contributed by atoms with Crippen LogP contribution in [0.3, 0.4) is 0 Å². The van der Waals surface area contributed by atoms with Gasteiger partial charge in [-0.2, -0.15) is 0 Å². The van der Waals surface area contributed by atoms with Gasteiger partial charge in [0.2, 0.25) is 0 Å². The quantitative estimate of drug-likeness (QED) is 0.661. The van der Waals surface area contributed by atoms with Gasteiger partial charge in [0.25, 0.3) is 0 Å². The first-order valence-electron chi connectivity index (χ1n) is 8.33. The smallest absolute Gasteiger partial charge is 0.0568 e. The fourth-order valence-corrected chi connectivity index (χ4v) is 3.19. The van der Waals surface area contributed by atoms with Crippen molar-refractivity contribution in [3.8, 4) is 0 Å². The average molecular weight is 270 g/mol. The van der Waals surface area contributed by atoms with E-state index in [0.717, 1.165) is 32.6 Å². The maximum atomic E-state index is 9.86. The zero-order valence-corrected chi connectivity index (χ0v) is 13.3. The molecule has 0 saturated heterocycles.